The third-order valence-corrected chi connectivity index (χ3v) is 10.8. The second-order valence-electron chi connectivity index (χ2n) is 15.1. The third kappa shape index (κ3) is 10.7. The first-order chi connectivity index (χ1) is 25.0. The van der Waals surface area contributed by atoms with Gasteiger partial charge in [0.05, 0.1) is 10.9 Å². The van der Waals surface area contributed by atoms with Gasteiger partial charge in [-0.15, -0.1) is 0 Å². The number of hydrogen-bond donors (Lipinski definition) is 4. The molecule has 1 aliphatic rings. The average molecular weight is 749 g/mol. The molecule has 2 atom stereocenters. The summed E-state index contributed by atoms with van der Waals surface area (Å²) in [4.78, 5) is 41.4. The number of benzene rings is 3. The zero-order chi connectivity index (χ0) is 38.5. The summed E-state index contributed by atoms with van der Waals surface area (Å²) in [5, 5.41) is 6.44. The summed E-state index contributed by atoms with van der Waals surface area (Å²) in [7, 11) is -3.82. The lowest BCUT2D eigenvalue weighted by atomic mass is 9.85. The van der Waals surface area contributed by atoms with Crippen LogP contribution in [0.4, 0.5) is 9.18 Å². The van der Waals surface area contributed by atoms with Crippen molar-refractivity contribution in [3.8, 4) is 11.3 Å². The summed E-state index contributed by atoms with van der Waals surface area (Å²) in [6.07, 6.45) is 1.49. The predicted octanol–water partition coefficient (Wildman–Crippen LogP) is 7.28. The number of sulfonamides is 1. The van der Waals surface area contributed by atoms with Crippen LogP contribution in [0.5, 0.6) is 0 Å². The fourth-order valence-electron chi connectivity index (χ4n) is 6.31. The average Bonchev–Trinajstić information content (AvgIpc) is 3.53. The number of hydrogen-bond acceptors (Lipinski definition) is 7. The van der Waals surface area contributed by atoms with Crippen molar-refractivity contribution in [1.82, 2.24) is 20.3 Å². The van der Waals surface area contributed by atoms with E-state index in [4.69, 9.17) is 9.47 Å². The molecule has 53 heavy (non-hydrogen) atoms. The molecule has 0 bridgehead atoms. The summed E-state index contributed by atoms with van der Waals surface area (Å²) in [5.74, 6) is -1.41. The van der Waals surface area contributed by atoms with E-state index in [0.717, 1.165) is 27.8 Å². The van der Waals surface area contributed by atoms with Crippen molar-refractivity contribution in [2.75, 3.05) is 0 Å². The van der Waals surface area contributed by atoms with Crippen LogP contribution in [0.3, 0.4) is 0 Å². The molecule has 0 unspecified atom stereocenters. The Morgan fingerprint density at radius 3 is 2.17 bits per heavy atom. The first-order valence-corrected chi connectivity index (χ1v) is 19.4. The molecule has 1 heterocycles. The third-order valence-electron chi connectivity index (χ3n) is 9.29. The van der Waals surface area contributed by atoms with Gasteiger partial charge in [0, 0.05) is 28.6 Å². The summed E-state index contributed by atoms with van der Waals surface area (Å²) in [5.41, 5.74) is 3.18. The lowest BCUT2D eigenvalue weighted by Gasteiger charge is -2.29. The Bertz CT molecular complexity index is 2010. The molecule has 1 fully saturated rings. The molecular weight excluding hydrogens is 700 g/mol. The molecule has 1 saturated carbocycles. The maximum absolute atomic E-state index is 13.4. The largest absolute Gasteiger partial charge is 0.459 e. The zero-order valence-corrected chi connectivity index (χ0v) is 31.8. The molecule has 0 radical (unpaired) electrons. The van der Waals surface area contributed by atoms with E-state index in [9.17, 15) is 27.2 Å². The minimum Gasteiger partial charge on any atom is -0.459 e. The smallest absolute Gasteiger partial charge is 0.408 e. The van der Waals surface area contributed by atoms with E-state index in [1.165, 1.54) is 12.1 Å². The van der Waals surface area contributed by atoms with Crippen molar-refractivity contribution >= 4 is 38.9 Å². The number of carbonyl (C=O) groups excluding carboxylic acids is 3. The van der Waals surface area contributed by atoms with Crippen LogP contribution < -0.4 is 15.4 Å². The fraction of sp³-hybridized carbons (Fsp3) is 0.425. The number of ether oxygens (including phenoxy) is 2. The lowest BCUT2D eigenvalue weighted by molar-refractivity contribution is -0.148. The van der Waals surface area contributed by atoms with Gasteiger partial charge in [-0.05, 0) is 106 Å². The van der Waals surface area contributed by atoms with Crippen molar-refractivity contribution < 1.29 is 36.7 Å². The molecular formula is C40H49FN4O7S. The van der Waals surface area contributed by atoms with E-state index in [0.29, 0.717) is 31.2 Å². The van der Waals surface area contributed by atoms with Gasteiger partial charge in [-0.1, -0.05) is 56.3 Å². The normalized spacial score (nSPS) is 17.6. The van der Waals surface area contributed by atoms with Gasteiger partial charge in [0.2, 0.25) is 15.9 Å². The Labute approximate surface area is 310 Å². The molecule has 5 rings (SSSR count). The van der Waals surface area contributed by atoms with E-state index >= 15 is 0 Å². The van der Waals surface area contributed by atoms with Crippen LogP contribution in [0, 0.1) is 17.7 Å². The maximum Gasteiger partial charge on any atom is 0.408 e. The Balaban J connectivity index is 1.14. The highest BCUT2D eigenvalue weighted by Gasteiger charge is 2.31. The highest BCUT2D eigenvalue weighted by atomic mass is 32.2. The highest BCUT2D eigenvalue weighted by molar-refractivity contribution is 7.89. The fourth-order valence-corrected chi connectivity index (χ4v) is 7.64. The quantitative estimate of drug-likeness (QED) is 0.111. The van der Waals surface area contributed by atoms with Gasteiger partial charge in [-0.3, -0.25) is 4.79 Å². The molecule has 4 aromatic rings. The minimum atomic E-state index is -3.82. The van der Waals surface area contributed by atoms with E-state index in [2.05, 4.69) is 20.3 Å². The van der Waals surface area contributed by atoms with Crippen LogP contribution in [0.25, 0.3) is 22.2 Å². The van der Waals surface area contributed by atoms with Crippen molar-refractivity contribution in [3.05, 3.63) is 89.7 Å². The number of alkyl carbamates (subject to hydrolysis) is 1. The number of nitrogens with one attached hydrogen (secondary N) is 4. The molecule has 1 aromatic heterocycles. The van der Waals surface area contributed by atoms with Crippen molar-refractivity contribution in [2.24, 2.45) is 11.8 Å². The van der Waals surface area contributed by atoms with E-state index in [1.807, 2.05) is 51.1 Å². The molecule has 0 saturated heterocycles. The van der Waals surface area contributed by atoms with Crippen LogP contribution in [0.1, 0.15) is 84.4 Å². The van der Waals surface area contributed by atoms with E-state index in [-0.39, 0.29) is 47.1 Å². The molecule has 284 valence electrons. The SMILES string of the molecule is CC(C)[C@H](NC(=O)OC(C)(C)C)C(=O)OCc1ccc(-c2cc3ccc(S(=O)(=O)N[C@H]4CC[C@H](C(=O)N[C@H](C)c5ccc(F)cc5)CC4)cc3[nH]2)cc1. The van der Waals surface area contributed by atoms with Crippen LogP contribution in [0.15, 0.2) is 77.7 Å². The molecule has 4 N–H and O–H groups in total. The first kappa shape index (κ1) is 39.5. The van der Waals surface area contributed by atoms with Gasteiger partial charge in [0.1, 0.15) is 24.1 Å². The van der Waals surface area contributed by atoms with Gasteiger partial charge >= 0.3 is 12.1 Å². The number of amides is 2. The number of carbonyl (C=O) groups is 3. The summed E-state index contributed by atoms with van der Waals surface area (Å²) >= 11 is 0. The van der Waals surface area contributed by atoms with Crippen LogP contribution in [-0.4, -0.2) is 49.1 Å². The van der Waals surface area contributed by atoms with Crippen LogP contribution >= 0.6 is 0 Å². The molecule has 11 nitrogen and oxygen atoms in total. The Morgan fingerprint density at radius 1 is 0.887 bits per heavy atom. The molecule has 1 aliphatic carbocycles. The second-order valence-corrected chi connectivity index (χ2v) is 16.8. The van der Waals surface area contributed by atoms with Gasteiger partial charge in [-0.25, -0.2) is 27.1 Å². The second kappa shape index (κ2) is 16.5. The Hall–Kier alpha value is -4.75. The number of halogens is 1. The monoisotopic (exact) mass is 748 g/mol. The summed E-state index contributed by atoms with van der Waals surface area (Å²) < 4.78 is 53.7. The molecule has 0 spiro atoms. The van der Waals surface area contributed by atoms with Gasteiger partial charge in [0.15, 0.2) is 0 Å². The minimum absolute atomic E-state index is 0.0187. The number of fused-ring (bicyclic) bond motifs is 1. The summed E-state index contributed by atoms with van der Waals surface area (Å²) in [6, 6.07) is 18.9. The van der Waals surface area contributed by atoms with Crippen LogP contribution in [-0.2, 0) is 35.7 Å². The lowest BCUT2D eigenvalue weighted by Crippen LogP contribution is -2.47. The Kier molecular flexibility index (Phi) is 12.3. The van der Waals surface area contributed by atoms with E-state index in [1.54, 1.807) is 51.1 Å². The standard InChI is InChI=1S/C40H49FN4O7S/c1-24(2)36(44-39(48)52-40(4,5)6)38(47)51-23-26-7-9-28(10-8-26)34-21-30-15-20-33(22-35(30)43-34)53(49,50)45-32-18-13-29(14-19-32)37(46)42-25(3)27-11-16-31(41)17-12-27/h7-12,15-17,20-22,24-25,29,32,36,43,45H,13-14,18-19,23H2,1-6H3,(H,42,46)(H,44,48)/t25-,29-,32-,36+/m1/s1. The zero-order valence-electron chi connectivity index (χ0n) is 31.0. The molecule has 13 heteroatoms. The number of H-pyrrole nitrogens is 1. The molecule has 2 amide bonds. The number of esters is 1. The van der Waals surface area contributed by atoms with Gasteiger partial charge < -0.3 is 25.1 Å². The van der Waals surface area contributed by atoms with Gasteiger partial charge in [-0.2, -0.15) is 0 Å². The van der Waals surface area contributed by atoms with Crippen molar-refractivity contribution in [2.45, 2.75) is 102 Å². The number of aromatic nitrogens is 1. The highest BCUT2D eigenvalue weighted by Crippen LogP contribution is 2.29. The van der Waals surface area contributed by atoms with Crippen molar-refractivity contribution in [1.29, 1.82) is 0 Å². The molecule has 0 aliphatic heterocycles. The maximum atomic E-state index is 13.4. The number of aromatic amines is 1. The topological polar surface area (TPSA) is 156 Å². The van der Waals surface area contributed by atoms with E-state index < -0.39 is 33.7 Å². The van der Waals surface area contributed by atoms with Gasteiger partial charge in [0.25, 0.3) is 0 Å². The molecule has 3 aromatic carbocycles. The van der Waals surface area contributed by atoms with Crippen LogP contribution in [0.2, 0.25) is 0 Å². The Morgan fingerprint density at radius 2 is 1.55 bits per heavy atom. The predicted molar refractivity (Wildman–Crippen MR) is 201 cm³/mol. The first-order valence-electron chi connectivity index (χ1n) is 17.9. The number of rotatable bonds is 12. The van der Waals surface area contributed by atoms with Crippen molar-refractivity contribution in [3.63, 3.8) is 0 Å². The summed E-state index contributed by atoms with van der Waals surface area (Å²) in [6.45, 7) is 10.7.